The first-order valence-corrected chi connectivity index (χ1v) is 9.62. The molecule has 1 aliphatic rings. The minimum Gasteiger partial charge on any atom is -0.280 e. The van der Waals surface area contributed by atoms with Crippen molar-refractivity contribution in [2.75, 3.05) is 4.90 Å². The van der Waals surface area contributed by atoms with Gasteiger partial charge in [-0.1, -0.05) is 36.4 Å². The van der Waals surface area contributed by atoms with Crippen LogP contribution in [0.2, 0.25) is 0 Å². The molecule has 0 spiro atoms. The Balaban J connectivity index is 1.70. The molecule has 0 N–H and O–H groups in total. The van der Waals surface area contributed by atoms with Crippen LogP contribution in [0, 0.1) is 6.92 Å². The van der Waals surface area contributed by atoms with Gasteiger partial charge >= 0.3 is 0 Å². The fourth-order valence-electron chi connectivity index (χ4n) is 3.53. The van der Waals surface area contributed by atoms with Crippen molar-refractivity contribution in [2.45, 2.75) is 25.8 Å². The van der Waals surface area contributed by atoms with Gasteiger partial charge in [-0.3, -0.25) is 9.69 Å². The molecule has 0 atom stereocenters. The van der Waals surface area contributed by atoms with E-state index in [1.807, 2.05) is 55.6 Å². The first kappa shape index (κ1) is 17.4. The summed E-state index contributed by atoms with van der Waals surface area (Å²) < 4.78 is 0. The van der Waals surface area contributed by atoms with Crippen LogP contribution >= 0.6 is 0 Å². The molecule has 2 heterocycles. The third kappa shape index (κ3) is 3.23. The van der Waals surface area contributed by atoms with Crippen molar-refractivity contribution in [3.63, 3.8) is 0 Å². The van der Waals surface area contributed by atoms with E-state index in [0.29, 0.717) is 5.95 Å². The van der Waals surface area contributed by atoms with Crippen molar-refractivity contribution >= 4 is 23.3 Å². The third-order valence-electron chi connectivity index (χ3n) is 5.25. The maximum absolute atomic E-state index is 11.6. The summed E-state index contributed by atoms with van der Waals surface area (Å²) in [6.07, 6.45) is 6.21. The van der Waals surface area contributed by atoms with Gasteiger partial charge < -0.3 is 0 Å². The summed E-state index contributed by atoms with van der Waals surface area (Å²) in [6, 6.07) is 16.3. The average molecular weight is 381 g/mol. The smallest absolute Gasteiger partial charge is 0.232 e. The van der Waals surface area contributed by atoms with Crippen LogP contribution in [-0.4, -0.2) is 32.4 Å². The highest BCUT2D eigenvalue weighted by Crippen LogP contribution is 2.35. The molecule has 1 fully saturated rings. The highest BCUT2D eigenvalue weighted by molar-refractivity contribution is 5.89. The lowest BCUT2D eigenvalue weighted by Crippen LogP contribution is -2.25. The van der Waals surface area contributed by atoms with Gasteiger partial charge in [-0.05, 0) is 37.5 Å². The van der Waals surface area contributed by atoms with Crippen molar-refractivity contribution < 1.29 is 4.79 Å². The molecule has 0 aliphatic heterocycles. The topological polar surface area (TPSA) is 71.9 Å². The molecule has 5 rings (SSSR count). The molecule has 0 unspecified atom stereocenters. The Labute approximate surface area is 168 Å². The standard InChI is InChI=1S/C23H19N5O/c1-15-19-11-17(7-10-21(19)26-13-25-15)20-12-24-23(28(14-29)18-8-9-18)27-22(20)16-5-3-2-4-6-16/h2-7,10-14,18H,8-9H2,1H3. The van der Waals surface area contributed by atoms with Gasteiger partial charge in [0.15, 0.2) is 0 Å². The highest BCUT2D eigenvalue weighted by atomic mass is 16.1. The number of carbonyl (C=O) groups is 1. The van der Waals surface area contributed by atoms with Gasteiger partial charge in [-0.2, -0.15) is 0 Å². The Hall–Kier alpha value is -3.67. The minimum absolute atomic E-state index is 0.211. The monoisotopic (exact) mass is 381 g/mol. The van der Waals surface area contributed by atoms with Gasteiger partial charge in [-0.15, -0.1) is 0 Å². The van der Waals surface area contributed by atoms with Gasteiger partial charge in [0, 0.05) is 34.4 Å². The van der Waals surface area contributed by atoms with E-state index in [4.69, 9.17) is 4.98 Å². The molecule has 0 radical (unpaired) electrons. The van der Waals surface area contributed by atoms with E-state index in [0.717, 1.165) is 58.2 Å². The second-order valence-corrected chi connectivity index (χ2v) is 7.23. The second kappa shape index (κ2) is 7.05. The summed E-state index contributed by atoms with van der Waals surface area (Å²) in [5.74, 6) is 0.449. The molecule has 6 heteroatoms. The molecule has 2 aromatic carbocycles. The molecule has 4 aromatic rings. The number of anilines is 1. The zero-order valence-electron chi connectivity index (χ0n) is 16.0. The Kier molecular flexibility index (Phi) is 4.24. The molecule has 2 aromatic heterocycles. The lowest BCUT2D eigenvalue weighted by molar-refractivity contribution is -0.107. The molecule has 1 saturated carbocycles. The molecule has 1 aliphatic carbocycles. The van der Waals surface area contributed by atoms with Gasteiger partial charge in [0.25, 0.3) is 0 Å². The van der Waals surface area contributed by atoms with Crippen molar-refractivity contribution in [3.05, 3.63) is 66.7 Å². The number of amides is 1. The van der Waals surface area contributed by atoms with Crippen molar-refractivity contribution in [3.8, 4) is 22.4 Å². The predicted molar refractivity (Wildman–Crippen MR) is 112 cm³/mol. The zero-order chi connectivity index (χ0) is 19.8. The summed E-state index contributed by atoms with van der Waals surface area (Å²) in [5, 5.41) is 1.00. The van der Waals surface area contributed by atoms with Gasteiger partial charge in [0.2, 0.25) is 12.4 Å². The second-order valence-electron chi connectivity index (χ2n) is 7.23. The predicted octanol–water partition coefficient (Wildman–Crippen LogP) is 4.19. The molecule has 0 bridgehead atoms. The van der Waals surface area contributed by atoms with Crippen LogP contribution in [0.1, 0.15) is 18.5 Å². The van der Waals surface area contributed by atoms with E-state index in [2.05, 4.69) is 21.0 Å². The Morgan fingerprint density at radius 2 is 1.83 bits per heavy atom. The summed E-state index contributed by atoms with van der Waals surface area (Å²) >= 11 is 0. The average Bonchev–Trinajstić information content (AvgIpc) is 3.60. The summed E-state index contributed by atoms with van der Waals surface area (Å²) in [5.41, 5.74) is 5.51. The fourth-order valence-corrected chi connectivity index (χ4v) is 3.53. The number of hydrogen-bond acceptors (Lipinski definition) is 5. The number of carbonyl (C=O) groups excluding carboxylic acids is 1. The van der Waals surface area contributed by atoms with Crippen LogP contribution in [0.5, 0.6) is 0 Å². The summed E-state index contributed by atoms with van der Waals surface area (Å²) in [7, 11) is 0. The molecule has 142 valence electrons. The van der Waals surface area contributed by atoms with Gasteiger partial charge in [-0.25, -0.2) is 19.9 Å². The van der Waals surface area contributed by atoms with Crippen LogP contribution in [0.4, 0.5) is 5.95 Å². The Morgan fingerprint density at radius 3 is 2.59 bits per heavy atom. The zero-order valence-corrected chi connectivity index (χ0v) is 16.0. The van der Waals surface area contributed by atoms with Crippen LogP contribution < -0.4 is 4.90 Å². The SMILES string of the molecule is Cc1ncnc2ccc(-c3cnc(N(C=O)C4CC4)nc3-c3ccccc3)cc12. The number of nitrogens with zero attached hydrogens (tertiary/aromatic N) is 5. The largest absolute Gasteiger partial charge is 0.280 e. The number of aromatic nitrogens is 4. The van der Waals surface area contributed by atoms with E-state index < -0.39 is 0 Å². The van der Waals surface area contributed by atoms with Crippen LogP contribution in [0.25, 0.3) is 33.3 Å². The Bertz CT molecular complexity index is 1200. The summed E-state index contributed by atoms with van der Waals surface area (Å²) in [4.78, 5) is 31.2. The van der Waals surface area contributed by atoms with Crippen molar-refractivity contribution in [1.82, 2.24) is 19.9 Å². The molecule has 6 nitrogen and oxygen atoms in total. The maximum atomic E-state index is 11.6. The molecule has 1 amide bonds. The minimum atomic E-state index is 0.211. The maximum Gasteiger partial charge on any atom is 0.232 e. The van der Waals surface area contributed by atoms with Gasteiger partial charge in [0.05, 0.1) is 11.2 Å². The van der Waals surface area contributed by atoms with Crippen LogP contribution in [0.15, 0.2) is 61.1 Å². The molecule has 29 heavy (non-hydrogen) atoms. The summed E-state index contributed by atoms with van der Waals surface area (Å²) in [6.45, 7) is 1.98. The van der Waals surface area contributed by atoms with E-state index in [9.17, 15) is 4.79 Å². The first-order valence-electron chi connectivity index (χ1n) is 9.62. The first-order chi connectivity index (χ1) is 14.2. The number of fused-ring (bicyclic) bond motifs is 1. The Morgan fingerprint density at radius 1 is 1.00 bits per heavy atom. The highest BCUT2D eigenvalue weighted by Gasteiger charge is 2.31. The number of hydrogen-bond donors (Lipinski definition) is 0. The van der Waals surface area contributed by atoms with E-state index >= 15 is 0 Å². The van der Waals surface area contributed by atoms with E-state index in [-0.39, 0.29) is 6.04 Å². The van der Waals surface area contributed by atoms with Crippen LogP contribution in [-0.2, 0) is 4.79 Å². The normalized spacial score (nSPS) is 13.4. The third-order valence-corrected chi connectivity index (χ3v) is 5.25. The van der Waals surface area contributed by atoms with Crippen molar-refractivity contribution in [2.24, 2.45) is 0 Å². The lowest BCUT2D eigenvalue weighted by Gasteiger charge is -2.17. The van der Waals surface area contributed by atoms with E-state index in [1.54, 1.807) is 11.2 Å². The number of aryl methyl sites for hydroxylation is 1. The lowest BCUT2D eigenvalue weighted by atomic mass is 9.99. The number of rotatable bonds is 5. The fraction of sp³-hybridized carbons (Fsp3) is 0.174. The molecule has 0 saturated heterocycles. The quantitative estimate of drug-likeness (QED) is 0.485. The van der Waals surface area contributed by atoms with Crippen LogP contribution in [0.3, 0.4) is 0 Å². The molecular formula is C23H19N5O. The van der Waals surface area contributed by atoms with Gasteiger partial charge in [0.1, 0.15) is 6.33 Å². The van der Waals surface area contributed by atoms with E-state index in [1.165, 1.54) is 0 Å². The number of benzene rings is 2. The van der Waals surface area contributed by atoms with Crippen molar-refractivity contribution in [1.29, 1.82) is 0 Å². The molecular weight excluding hydrogens is 362 g/mol.